The zero-order valence-corrected chi connectivity index (χ0v) is 12.1. The van der Waals surface area contributed by atoms with Gasteiger partial charge in [0, 0.05) is 12.6 Å². The van der Waals surface area contributed by atoms with Gasteiger partial charge in [0.05, 0.1) is 17.2 Å². The molecule has 0 aliphatic carbocycles. The average Bonchev–Trinajstić information content (AvgIpc) is 2.39. The lowest BCUT2D eigenvalue weighted by Gasteiger charge is -2.23. The first-order chi connectivity index (χ1) is 9.40. The van der Waals surface area contributed by atoms with Crippen LogP contribution >= 0.6 is 11.6 Å². The number of rotatable bonds is 4. The van der Waals surface area contributed by atoms with Crippen molar-refractivity contribution in [2.75, 3.05) is 13.2 Å². The van der Waals surface area contributed by atoms with E-state index in [4.69, 9.17) is 21.4 Å². The third-order valence-electron chi connectivity index (χ3n) is 2.95. The number of aromatic carboxylic acids is 1. The summed E-state index contributed by atoms with van der Waals surface area (Å²) in [5.74, 6) is -1.21. The molecule has 110 valence electrons. The minimum absolute atomic E-state index is 0.0146. The van der Waals surface area contributed by atoms with Crippen LogP contribution in [0.1, 0.15) is 23.2 Å². The molecule has 1 aromatic rings. The van der Waals surface area contributed by atoms with Gasteiger partial charge >= 0.3 is 5.97 Å². The van der Waals surface area contributed by atoms with E-state index in [0.717, 1.165) is 12.5 Å². The lowest BCUT2D eigenvalue weighted by atomic mass is 10.1. The van der Waals surface area contributed by atoms with Gasteiger partial charge in [0.25, 0.3) is 0 Å². The zero-order valence-electron chi connectivity index (χ0n) is 10.5. The highest BCUT2D eigenvalue weighted by molar-refractivity contribution is 7.89. The second kappa shape index (κ2) is 6.09. The molecular formula is C12H14ClNO5S. The lowest BCUT2D eigenvalue weighted by molar-refractivity contribution is 0.0696. The Morgan fingerprint density at radius 3 is 2.80 bits per heavy atom. The van der Waals surface area contributed by atoms with Crippen molar-refractivity contribution >= 4 is 27.6 Å². The summed E-state index contributed by atoms with van der Waals surface area (Å²) in [6.45, 7) is 0.920. The second-order valence-electron chi connectivity index (χ2n) is 4.49. The van der Waals surface area contributed by atoms with Crippen LogP contribution in [-0.4, -0.2) is 38.7 Å². The Balaban J connectivity index is 2.28. The van der Waals surface area contributed by atoms with Crippen molar-refractivity contribution in [1.82, 2.24) is 4.72 Å². The third kappa shape index (κ3) is 3.49. The van der Waals surface area contributed by atoms with Crippen LogP contribution in [-0.2, 0) is 14.8 Å². The molecule has 1 unspecified atom stereocenters. The Labute approximate surface area is 121 Å². The Kier molecular flexibility index (Phi) is 4.64. The van der Waals surface area contributed by atoms with Crippen molar-refractivity contribution in [1.29, 1.82) is 0 Å². The number of hydrogen-bond donors (Lipinski definition) is 2. The van der Waals surface area contributed by atoms with E-state index in [0.29, 0.717) is 19.6 Å². The van der Waals surface area contributed by atoms with Gasteiger partial charge in [-0.25, -0.2) is 17.9 Å². The Hall–Kier alpha value is -1.15. The van der Waals surface area contributed by atoms with E-state index in [9.17, 15) is 13.2 Å². The molecule has 0 bridgehead atoms. The summed E-state index contributed by atoms with van der Waals surface area (Å²) in [5.41, 5.74) is -0.130. The van der Waals surface area contributed by atoms with Crippen LogP contribution in [0, 0.1) is 0 Å². The first kappa shape index (κ1) is 15.2. The smallest absolute Gasteiger partial charge is 0.335 e. The minimum Gasteiger partial charge on any atom is -0.478 e. The van der Waals surface area contributed by atoms with E-state index in [1.165, 1.54) is 12.1 Å². The molecule has 0 aromatic heterocycles. The average molecular weight is 320 g/mol. The molecule has 1 atom stereocenters. The van der Waals surface area contributed by atoms with Gasteiger partial charge in [-0.15, -0.1) is 0 Å². The molecule has 6 nitrogen and oxygen atoms in total. The van der Waals surface area contributed by atoms with Crippen LogP contribution in [0.3, 0.4) is 0 Å². The predicted octanol–water partition coefficient (Wildman–Crippen LogP) is 1.50. The highest BCUT2D eigenvalue weighted by Crippen LogP contribution is 2.23. The largest absolute Gasteiger partial charge is 0.478 e. The standard InChI is InChI=1S/C12H14ClNO5S/c13-10-4-3-8(12(15)16)6-11(10)20(17,18)14-9-2-1-5-19-7-9/h3-4,6,9,14H,1-2,5,7H2,(H,15,16). The number of ether oxygens (including phenoxy) is 1. The third-order valence-corrected chi connectivity index (χ3v) is 4.95. The van der Waals surface area contributed by atoms with Crippen LogP contribution in [0.5, 0.6) is 0 Å². The number of carbonyl (C=O) groups is 1. The highest BCUT2D eigenvalue weighted by atomic mass is 35.5. The van der Waals surface area contributed by atoms with Crippen LogP contribution in [0.4, 0.5) is 0 Å². The quantitative estimate of drug-likeness (QED) is 0.877. The summed E-state index contributed by atoms with van der Waals surface area (Å²) < 4.78 is 32.2. The first-order valence-corrected chi connectivity index (χ1v) is 7.89. The number of nitrogens with one attached hydrogen (secondary N) is 1. The monoisotopic (exact) mass is 319 g/mol. The summed E-state index contributed by atoms with van der Waals surface area (Å²) in [4.78, 5) is 10.7. The maximum Gasteiger partial charge on any atom is 0.335 e. The Bertz CT molecular complexity index is 610. The molecule has 1 aromatic carbocycles. The number of halogens is 1. The van der Waals surface area contributed by atoms with Gasteiger partial charge in [0.1, 0.15) is 4.90 Å². The minimum atomic E-state index is -3.87. The molecule has 1 fully saturated rings. The van der Waals surface area contributed by atoms with Crippen LogP contribution in [0.15, 0.2) is 23.1 Å². The van der Waals surface area contributed by atoms with Crippen molar-refractivity contribution in [3.8, 4) is 0 Å². The van der Waals surface area contributed by atoms with E-state index in [1.54, 1.807) is 0 Å². The molecule has 2 rings (SSSR count). The molecule has 0 saturated carbocycles. The van der Waals surface area contributed by atoms with Crippen molar-refractivity contribution in [3.05, 3.63) is 28.8 Å². The van der Waals surface area contributed by atoms with Gasteiger partial charge in [-0.05, 0) is 31.0 Å². The van der Waals surface area contributed by atoms with Gasteiger partial charge in [-0.2, -0.15) is 0 Å². The van der Waals surface area contributed by atoms with Gasteiger partial charge in [0.2, 0.25) is 10.0 Å². The number of carboxylic acid groups (broad SMARTS) is 1. The van der Waals surface area contributed by atoms with Gasteiger partial charge in [-0.1, -0.05) is 11.6 Å². The van der Waals surface area contributed by atoms with E-state index in [-0.39, 0.29) is 21.5 Å². The van der Waals surface area contributed by atoms with Crippen molar-refractivity contribution < 1.29 is 23.1 Å². The summed E-state index contributed by atoms with van der Waals surface area (Å²) in [5, 5.41) is 8.89. The first-order valence-electron chi connectivity index (χ1n) is 6.03. The topological polar surface area (TPSA) is 92.7 Å². The van der Waals surface area contributed by atoms with Crippen LogP contribution < -0.4 is 4.72 Å². The van der Waals surface area contributed by atoms with Crippen molar-refractivity contribution in [3.63, 3.8) is 0 Å². The fourth-order valence-electron chi connectivity index (χ4n) is 1.96. The fraction of sp³-hybridized carbons (Fsp3) is 0.417. The molecule has 0 radical (unpaired) electrons. The Morgan fingerprint density at radius 2 is 2.20 bits per heavy atom. The molecule has 1 saturated heterocycles. The molecular weight excluding hydrogens is 306 g/mol. The molecule has 0 spiro atoms. The SMILES string of the molecule is O=C(O)c1ccc(Cl)c(S(=O)(=O)NC2CCCOC2)c1. The van der Waals surface area contributed by atoms with E-state index in [1.807, 2.05) is 0 Å². The van der Waals surface area contributed by atoms with Crippen molar-refractivity contribution in [2.24, 2.45) is 0 Å². The van der Waals surface area contributed by atoms with Crippen LogP contribution in [0.25, 0.3) is 0 Å². The van der Waals surface area contributed by atoms with Crippen molar-refractivity contribution in [2.45, 2.75) is 23.8 Å². The van der Waals surface area contributed by atoms with E-state index < -0.39 is 16.0 Å². The summed E-state index contributed by atoms with van der Waals surface area (Å²) in [6, 6.07) is 3.25. The number of sulfonamides is 1. The molecule has 1 heterocycles. The molecule has 8 heteroatoms. The maximum atomic E-state index is 12.3. The lowest BCUT2D eigenvalue weighted by Crippen LogP contribution is -2.40. The number of benzene rings is 1. The molecule has 2 N–H and O–H groups in total. The second-order valence-corrected chi connectivity index (χ2v) is 6.58. The number of hydrogen-bond acceptors (Lipinski definition) is 4. The van der Waals surface area contributed by atoms with Crippen LogP contribution in [0.2, 0.25) is 5.02 Å². The zero-order chi connectivity index (χ0) is 14.8. The van der Waals surface area contributed by atoms with E-state index >= 15 is 0 Å². The van der Waals surface area contributed by atoms with Gasteiger partial charge in [0.15, 0.2) is 0 Å². The normalized spacial score (nSPS) is 19.8. The summed E-state index contributed by atoms with van der Waals surface area (Å²) in [6.07, 6.45) is 1.45. The Morgan fingerprint density at radius 1 is 1.45 bits per heavy atom. The fourth-order valence-corrected chi connectivity index (χ4v) is 3.74. The van der Waals surface area contributed by atoms with E-state index in [2.05, 4.69) is 4.72 Å². The maximum absolute atomic E-state index is 12.3. The van der Waals surface area contributed by atoms with Gasteiger partial charge < -0.3 is 9.84 Å². The molecule has 1 aliphatic heterocycles. The molecule has 20 heavy (non-hydrogen) atoms. The molecule has 1 aliphatic rings. The number of carboxylic acids is 1. The predicted molar refractivity (Wildman–Crippen MR) is 72.6 cm³/mol. The van der Waals surface area contributed by atoms with Gasteiger partial charge in [-0.3, -0.25) is 0 Å². The summed E-state index contributed by atoms with van der Waals surface area (Å²) in [7, 11) is -3.87. The molecule has 0 amide bonds. The highest BCUT2D eigenvalue weighted by Gasteiger charge is 2.25. The summed E-state index contributed by atoms with van der Waals surface area (Å²) >= 11 is 5.86.